The summed E-state index contributed by atoms with van der Waals surface area (Å²) in [6.45, 7) is 6.27. The topological polar surface area (TPSA) is 23.8 Å². The summed E-state index contributed by atoms with van der Waals surface area (Å²) < 4.78 is 0. The zero-order valence-corrected chi connectivity index (χ0v) is 12.6. The number of nitrogens with zero attached hydrogens (tertiary/aromatic N) is 1. The highest BCUT2D eigenvalue weighted by Crippen LogP contribution is 2.36. The molecule has 20 heavy (non-hydrogen) atoms. The molecule has 1 aromatic carbocycles. The normalized spacial score (nSPS) is 19.8. The van der Waals surface area contributed by atoms with E-state index in [2.05, 4.69) is 43.8 Å². The smallest absolute Gasteiger partial charge is 0.0659 e. The molecule has 2 unspecified atom stereocenters. The SMILES string of the molecule is C=C1CCC(c2ccc(CC(C#N)CCCC)cc2)C1. The number of nitriles is 1. The molecule has 0 N–H and O–H groups in total. The Morgan fingerprint density at radius 3 is 2.65 bits per heavy atom. The van der Waals surface area contributed by atoms with E-state index < -0.39 is 0 Å². The van der Waals surface area contributed by atoms with Crippen molar-refractivity contribution in [2.24, 2.45) is 5.92 Å². The fourth-order valence-electron chi connectivity index (χ4n) is 3.09. The molecule has 1 aliphatic rings. The fourth-order valence-corrected chi connectivity index (χ4v) is 3.09. The third kappa shape index (κ3) is 3.97. The second-order valence-corrected chi connectivity index (χ2v) is 6.10. The highest BCUT2D eigenvalue weighted by Gasteiger charge is 2.19. The van der Waals surface area contributed by atoms with Gasteiger partial charge in [0, 0.05) is 0 Å². The first kappa shape index (κ1) is 14.9. The first-order chi connectivity index (χ1) is 9.72. The van der Waals surface area contributed by atoms with Crippen LogP contribution in [0.25, 0.3) is 0 Å². The largest absolute Gasteiger partial charge is 0.198 e. The molecule has 1 saturated carbocycles. The van der Waals surface area contributed by atoms with Crippen LogP contribution in [0.5, 0.6) is 0 Å². The number of benzene rings is 1. The first-order valence-electron chi connectivity index (χ1n) is 7.88. The average molecular weight is 267 g/mol. The third-order valence-electron chi connectivity index (χ3n) is 4.40. The molecule has 1 heteroatoms. The number of allylic oxidation sites excluding steroid dienone is 1. The standard InChI is InChI=1S/C19H25N/c1-3-4-5-17(14-20)13-16-7-10-18(11-8-16)19-9-6-15(2)12-19/h7-8,10-11,17,19H,2-6,9,12-13H2,1H3. The second-order valence-electron chi connectivity index (χ2n) is 6.10. The Bertz CT molecular complexity index is 477. The highest BCUT2D eigenvalue weighted by molar-refractivity contribution is 5.29. The molecule has 0 aliphatic heterocycles. The van der Waals surface area contributed by atoms with Crippen LogP contribution in [0.3, 0.4) is 0 Å². The first-order valence-corrected chi connectivity index (χ1v) is 7.88. The minimum absolute atomic E-state index is 0.173. The molecular weight excluding hydrogens is 242 g/mol. The van der Waals surface area contributed by atoms with Crippen molar-refractivity contribution >= 4 is 0 Å². The van der Waals surface area contributed by atoms with Crippen molar-refractivity contribution in [2.45, 2.75) is 57.8 Å². The van der Waals surface area contributed by atoms with Gasteiger partial charge in [-0.25, -0.2) is 0 Å². The van der Waals surface area contributed by atoms with E-state index >= 15 is 0 Å². The summed E-state index contributed by atoms with van der Waals surface area (Å²) in [6.07, 6.45) is 7.82. The number of unbranched alkanes of at least 4 members (excludes halogenated alkanes) is 1. The van der Waals surface area contributed by atoms with Crippen molar-refractivity contribution in [3.05, 3.63) is 47.5 Å². The van der Waals surface area contributed by atoms with Crippen LogP contribution in [0.2, 0.25) is 0 Å². The molecule has 2 rings (SSSR count). The minimum atomic E-state index is 0.173. The van der Waals surface area contributed by atoms with Gasteiger partial charge in [0.15, 0.2) is 0 Å². The van der Waals surface area contributed by atoms with E-state index in [1.54, 1.807) is 0 Å². The molecule has 1 nitrogen and oxygen atoms in total. The molecule has 0 saturated heterocycles. The molecule has 0 spiro atoms. The average Bonchev–Trinajstić information content (AvgIpc) is 2.90. The molecule has 1 aromatic rings. The third-order valence-corrected chi connectivity index (χ3v) is 4.40. The Balaban J connectivity index is 1.94. The Morgan fingerprint density at radius 2 is 2.10 bits per heavy atom. The van der Waals surface area contributed by atoms with Gasteiger partial charge >= 0.3 is 0 Å². The number of hydrogen-bond acceptors (Lipinski definition) is 1. The van der Waals surface area contributed by atoms with Gasteiger partial charge in [0.05, 0.1) is 12.0 Å². The van der Waals surface area contributed by atoms with Crippen LogP contribution in [0, 0.1) is 17.2 Å². The van der Waals surface area contributed by atoms with Crippen molar-refractivity contribution in [3.63, 3.8) is 0 Å². The van der Waals surface area contributed by atoms with E-state index in [1.807, 2.05) is 0 Å². The summed E-state index contributed by atoms with van der Waals surface area (Å²) >= 11 is 0. The van der Waals surface area contributed by atoms with E-state index in [-0.39, 0.29) is 5.92 Å². The van der Waals surface area contributed by atoms with Gasteiger partial charge in [0.25, 0.3) is 0 Å². The summed E-state index contributed by atoms with van der Waals surface area (Å²) in [5, 5.41) is 9.21. The maximum absolute atomic E-state index is 9.21. The molecule has 0 radical (unpaired) electrons. The van der Waals surface area contributed by atoms with Crippen LogP contribution in [-0.4, -0.2) is 0 Å². The van der Waals surface area contributed by atoms with Gasteiger partial charge in [-0.05, 0) is 49.1 Å². The van der Waals surface area contributed by atoms with Gasteiger partial charge in [-0.15, -0.1) is 0 Å². The van der Waals surface area contributed by atoms with Gasteiger partial charge in [-0.1, -0.05) is 56.2 Å². The zero-order valence-electron chi connectivity index (χ0n) is 12.6. The number of rotatable bonds is 6. The predicted molar refractivity (Wildman–Crippen MR) is 84.5 cm³/mol. The van der Waals surface area contributed by atoms with Crippen molar-refractivity contribution in [1.29, 1.82) is 5.26 Å². The highest BCUT2D eigenvalue weighted by atomic mass is 14.3. The summed E-state index contributed by atoms with van der Waals surface area (Å²) in [5.74, 6) is 0.843. The van der Waals surface area contributed by atoms with E-state index in [9.17, 15) is 5.26 Å². The summed E-state index contributed by atoms with van der Waals surface area (Å²) in [7, 11) is 0. The molecule has 0 aromatic heterocycles. The van der Waals surface area contributed by atoms with Crippen molar-refractivity contribution in [1.82, 2.24) is 0 Å². The van der Waals surface area contributed by atoms with E-state index in [1.165, 1.54) is 36.0 Å². The Morgan fingerprint density at radius 1 is 1.35 bits per heavy atom. The lowest BCUT2D eigenvalue weighted by atomic mass is 9.92. The maximum Gasteiger partial charge on any atom is 0.0659 e. The van der Waals surface area contributed by atoms with Gasteiger partial charge < -0.3 is 0 Å². The van der Waals surface area contributed by atoms with E-state index in [0.717, 1.165) is 25.7 Å². The Labute approximate surface area is 123 Å². The van der Waals surface area contributed by atoms with Crippen LogP contribution in [0.15, 0.2) is 36.4 Å². The molecular formula is C19H25N. The zero-order chi connectivity index (χ0) is 14.4. The van der Waals surface area contributed by atoms with Gasteiger partial charge in [0.1, 0.15) is 0 Å². The van der Waals surface area contributed by atoms with Crippen LogP contribution in [0.1, 0.15) is 62.5 Å². The van der Waals surface area contributed by atoms with Gasteiger partial charge in [-0.3, -0.25) is 0 Å². The lowest BCUT2D eigenvalue weighted by Crippen LogP contribution is -2.02. The van der Waals surface area contributed by atoms with Crippen LogP contribution < -0.4 is 0 Å². The van der Waals surface area contributed by atoms with Crippen LogP contribution >= 0.6 is 0 Å². The van der Waals surface area contributed by atoms with E-state index in [4.69, 9.17) is 0 Å². The Kier molecular flexibility index (Phi) is 5.41. The van der Waals surface area contributed by atoms with Gasteiger partial charge in [0.2, 0.25) is 0 Å². The summed E-state index contributed by atoms with van der Waals surface area (Å²) in [5.41, 5.74) is 4.13. The monoisotopic (exact) mass is 267 g/mol. The predicted octanol–water partition coefficient (Wildman–Crippen LogP) is 5.38. The molecule has 1 aliphatic carbocycles. The quantitative estimate of drug-likeness (QED) is 0.634. The van der Waals surface area contributed by atoms with Crippen molar-refractivity contribution in [2.75, 3.05) is 0 Å². The summed E-state index contributed by atoms with van der Waals surface area (Å²) in [6, 6.07) is 11.4. The van der Waals surface area contributed by atoms with Crippen molar-refractivity contribution < 1.29 is 0 Å². The molecule has 1 fully saturated rings. The minimum Gasteiger partial charge on any atom is -0.198 e. The lowest BCUT2D eigenvalue weighted by molar-refractivity contribution is 0.562. The second kappa shape index (κ2) is 7.29. The summed E-state index contributed by atoms with van der Waals surface area (Å²) in [4.78, 5) is 0. The van der Waals surface area contributed by atoms with Crippen molar-refractivity contribution in [3.8, 4) is 6.07 Å². The van der Waals surface area contributed by atoms with Crippen LogP contribution in [-0.2, 0) is 6.42 Å². The molecule has 0 bridgehead atoms. The Hall–Kier alpha value is -1.55. The molecule has 106 valence electrons. The fraction of sp³-hybridized carbons (Fsp3) is 0.526. The van der Waals surface area contributed by atoms with Crippen LogP contribution in [0.4, 0.5) is 0 Å². The maximum atomic E-state index is 9.21. The molecule has 2 atom stereocenters. The number of hydrogen-bond donors (Lipinski definition) is 0. The molecule has 0 amide bonds. The van der Waals surface area contributed by atoms with E-state index in [0.29, 0.717) is 5.92 Å². The molecule has 0 heterocycles. The van der Waals surface area contributed by atoms with Gasteiger partial charge in [-0.2, -0.15) is 5.26 Å². The lowest BCUT2D eigenvalue weighted by Gasteiger charge is -2.12.